The Balaban J connectivity index is 1.49. The highest BCUT2D eigenvalue weighted by Crippen LogP contribution is 2.42. The van der Waals surface area contributed by atoms with E-state index in [4.69, 9.17) is 9.47 Å². The molecule has 2 aliphatic rings. The molecule has 2 aromatic carbocycles. The van der Waals surface area contributed by atoms with Crippen LogP contribution in [0, 0.1) is 17.5 Å². The third-order valence-electron chi connectivity index (χ3n) is 6.71. The molecule has 0 fully saturated rings. The lowest BCUT2D eigenvalue weighted by Gasteiger charge is -2.24. The summed E-state index contributed by atoms with van der Waals surface area (Å²) < 4.78 is 56.3. The Labute approximate surface area is 194 Å². The first-order chi connectivity index (χ1) is 16.0. The molecule has 0 aromatic heterocycles. The second-order valence-corrected chi connectivity index (χ2v) is 9.23. The van der Waals surface area contributed by atoms with Gasteiger partial charge in [0.2, 0.25) is 5.82 Å². The Bertz CT molecular complexity index is 1030. The van der Waals surface area contributed by atoms with Crippen molar-refractivity contribution < 1.29 is 22.6 Å². The largest absolute Gasteiger partial charge is 0.450 e. The fourth-order valence-electron chi connectivity index (χ4n) is 4.74. The molecule has 2 aromatic rings. The fraction of sp³-hybridized carbons (Fsp3) is 0.500. The Morgan fingerprint density at radius 1 is 0.848 bits per heavy atom. The Morgan fingerprint density at radius 2 is 1.67 bits per heavy atom. The zero-order valence-corrected chi connectivity index (χ0v) is 19.6. The van der Waals surface area contributed by atoms with E-state index >= 15 is 4.39 Å². The van der Waals surface area contributed by atoms with Gasteiger partial charge < -0.3 is 9.47 Å². The quantitative estimate of drug-likeness (QED) is 0.239. The molecule has 0 saturated carbocycles. The first kappa shape index (κ1) is 23.9. The van der Waals surface area contributed by atoms with Crippen LogP contribution in [0.2, 0.25) is 0 Å². The van der Waals surface area contributed by atoms with Crippen molar-refractivity contribution in [2.24, 2.45) is 0 Å². The number of hydrogen-bond acceptors (Lipinski definition) is 2. The summed E-state index contributed by atoms with van der Waals surface area (Å²) in [6.45, 7) is 4.78. The van der Waals surface area contributed by atoms with Crippen molar-refractivity contribution >= 4 is 0 Å². The van der Waals surface area contributed by atoms with Crippen molar-refractivity contribution in [2.75, 3.05) is 6.61 Å². The summed E-state index contributed by atoms with van der Waals surface area (Å²) in [4.78, 5) is 0. The summed E-state index contributed by atoms with van der Waals surface area (Å²) in [6, 6.07) is 5.31. The molecule has 1 unspecified atom stereocenters. The van der Waals surface area contributed by atoms with Gasteiger partial charge in [-0.1, -0.05) is 51.3 Å². The zero-order valence-electron chi connectivity index (χ0n) is 19.6. The van der Waals surface area contributed by atoms with E-state index in [2.05, 4.69) is 19.9 Å². The molecule has 2 heterocycles. The number of fused-ring (bicyclic) bond motifs is 2. The van der Waals surface area contributed by atoms with E-state index in [1.165, 1.54) is 0 Å². The SMILES string of the molecule is CCCCCc1ccc2c(c1F)Oc1c(cc(CCC3=CCC(CCC)OC3)c(F)c1F)C2. The number of rotatable bonds is 9. The maximum absolute atomic E-state index is 15.0. The standard InChI is InChI=1S/C28H33F3O2/c1-3-5-6-8-19-12-13-21-16-22-15-20(11-9-18-10-14-23(7-4-2)32-17-18)24(29)26(31)28(22)33-27(21)25(19)30/h10,12-13,15,23H,3-9,11,14,16-17H2,1-2H3. The highest BCUT2D eigenvalue weighted by Gasteiger charge is 2.28. The van der Waals surface area contributed by atoms with Gasteiger partial charge in [0.25, 0.3) is 0 Å². The second kappa shape index (κ2) is 10.8. The van der Waals surface area contributed by atoms with Crippen molar-refractivity contribution in [2.45, 2.75) is 84.2 Å². The predicted molar refractivity (Wildman–Crippen MR) is 125 cm³/mol. The maximum Gasteiger partial charge on any atom is 0.201 e. The molecule has 178 valence electrons. The van der Waals surface area contributed by atoms with Crippen molar-refractivity contribution in [1.29, 1.82) is 0 Å². The van der Waals surface area contributed by atoms with E-state index in [1.807, 2.05) is 6.07 Å². The van der Waals surface area contributed by atoms with Gasteiger partial charge in [-0.05, 0) is 61.3 Å². The van der Waals surface area contributed by atoms with Crippen LogP contribution in [-0.4, -0.2) is 12.7 Å². The number of aryl methyl sites for hydroxylation is 2. The van der Waals surface area contributed by atoms with Gasteiger partial charge in [-0.25, -0.2) is 8.78 Å². The molecule has 0 N–H and O–H groups in total. The first-order valence-electron chi connectivity index (χ1n) is 12.3. The molecule has 2 nitrogen and oxygen atoms in total. The highest BCUT2D eigenvalue weighted by molar-refractivity contribution is 5.53. The topological polar surface area (TPSA) is 18.5 Å². The minimum Gasteiger partial charge on any atom is -0.450 e. The van der Waals surface area contributed by atoms with Crippen LogP contribution in [-0.2, 0) is 24.0 Å². The minimum atomic E-state index is -1.03. The van der Waals surface area contributed by atoms with Gasteiger partial charge in [-0.15, -0.1) is 0 Å². The fourth-order valence-corrected chi connectivity index (χ4v) is 4.74. The van der Waals surface area contributed by atoms with Crippen molar-refractivity contribution in [3.05, 3.63) is 69.6 Å². The molecular weight excluding hydrogens is 425 g/mol. The number of halogens is 3. The third kappa shape index (κ3) is 5.29. The molecule has 1 atom stereocenters. The molecule has 4 rings (SSSR count). The summed E-state index contributed by atoms with van der Waals surface area (Å²) in [6.07, 6.45) is 10.3. The number of hydrogen-bond donors (Lipinski definition) is 0. The normalized spacial score (nSPS) is 17.2. The van der Waals surface area contributed by atoms with E-state index in [1.54, 1.807) is 12.1 Å². The van der Waals surface area contributed by atoms with Crippen LogP contribution in [0.1, 0.15) is 81.0 Å². The Kier molecular flexibility index (Phi) is 7.79. The van der Waals surface area contributed by atoms with Gasteiger partial charge in [-0.2, -0.15) is 4.39 Å². The number of ether oxygens (including phenoxy) is 2. The van der Waals surface area contributed by atoms with Gasteiger partial charge >= 0.3 is 0 Å². The minimum absolute atomic E-state index is 0.0358. The molecule has 0 saturated heterocycles. The van der Waals surface area contributed by atoms with Crippen molar-refractivity contribution in [3.8, 4) is 11.5 Å². The van der Waals surface area contributed by atoms with Gasteiger partial charge in [0.05, 0.1) is 12.7 Å². The summed E-state index contributed by atoms with van der Waals surface area (Å²) in [5.41, 5.74) is 3.24. The molecule has 5 heteroatoms. The van der Waals surface area contributed by atoms with Crippen LogP contribution < -0.4 is 4.74 Å². The van der Waals surface area contributed by atoms with Crippen LogP contribution in [0.3, 0.4) is 0 Å². The van der Waals surface area contributed by atoms with E-state index in [0.29, 0.717) is 54.5 Å². The van der Waals surface area contributed by atoms with Crippen LogP contribution in [0.15, 0.2) is 29.8 Å². The van der Waals surface area contributed by atoms with Gasteiger partial charge in [-0.3, -0.25) is 0 Å². The molecule has 0 spiro atoms. The smallest absolute Gasteiger partial charge is 0.201 e. The first-order valence-corrected chi connectivity index (χ1v) is 12.3. The number of unbranched alkanes of at least 4 members (excludes halogenated alkanes) is 2. The van der Waals surface area contributed by atoms with Crippen LogP contribution in [0.5, 0.6) is 11.5 Å². The number of benzene rings is 2. The lowest BCUT2D eigenvalue weighted by molar-refractivity contribution is 0.0539. The maximum atomic E-state index is 15.0. The molecule has 2 aliphatic heterocycles. The van der Waals surface area contributed by atoms with E-state index in [-0.39, 0.29) is 17.6 Å². The van der Waals surface area contributed by atoms with Crippen LogP contribution in [0.25, 0.3) is 0 Å². The second-order valence-electron chi connectivity index (χ2n) is 9.23. The molecule has 33 heavy (non-hydrogen) atoms. The van der Waals surface area contributed by atoms with Crippen LogP contribution in [0.4, 0.5) is 13.2 Å². The lowest BCUT2D eigenvalue weighted by Crippen LogP contribution is -2.18. The van der Waals surface area contributed by atoms with Gasteiger partial charge in [0.15, 0.2) is 23.1 Å². The average molecular weight is 459 g/mol. The monoisotopic (exact) mass is 458 g/mol. The van der Waals surface area contributed by atoms with Gasteiger partial charge in [0, 0.05) is 17.5 Å². The molecule has 0 amide bonds. The summed E-state index contributed by atoms with van der Waals surface area (Å²) in [7, 11) is 0. The Morgan fingerprint density at radius 3 is 2.39 bits per heavy atom. The Hall–Kier alpha value is -2.27. The van der Waals surface area contributed by atoms with E-state index in [0.717, 1.165) is 44.1 Å². The predicted octanol–water partition coefficient (Wildman–Crippen LogP) is 7.98. The average Bonchev–Trinajstić information content (AvgIpc) is 2.82. The highest BCUT2D eigenvalue weighted by atomic mass is 19.2. The van der Waals surface area contributed by atoms with E-state index < -0.39 is 17.5 Å². The summed E-state index contributed by atoms with van der Waals surface area (Å²) >= 11 is 0. The lowest BCUT2D eigenvalue weighted by atomic mass is 9.93. The molecule has 0 aliphatic carbocycles. The van der Waals surface area contributed by atoms with Gasteiger partial charge in [0.1, 0.15) is 0 Å². The molecular formula is C28H33F3O2. The van der Waals surface area contributed by atoms with Crippen LogP contribution >= 0.6 is 0 Å². The summed E-state index contributed by atoms with van der Waals surface area (Å²) in [5.74, 6) is -2.54. The molecule has 0 bridgehead atoms. The molecule has 0 radical (unpaired) electrons. The van der Waals surface area contributed by atoms with E-state index in [9.17, 15) is 8.78 Å². The summed E-state index contributed by atoms with van der Waals surface area (Å²) in [5, 5.41) is 0. The van der Waals surface area contributed by atoms with Crippen molar-refractivity contribution in [1.82, 2.24) is 0 Å². The third-order valence-corrected chi connectivity index (χ3v) is 6.71. The zero-order chi connectivity index (χ0) is 23.4. The van der Waals surface area contributed by atoms with Crippen molar-refractivity contribution in [3.63, 3.8) is 0 Å².